The molecule has 0 spiro atoms. The average molecular weight is 580 g/mol. The van der Waals surface area contributed by atoms with Crippen molar-refractivity contribution in [1.82, 2.24) is 29.4 Å². The van der Waals surface area contributed by atoms with Crippen LogP contribution in [0, 0.1) is 0 Å². The lowest BCUT2D eigenvalue weighted by atomic mass is 10.1. The molecular weight excluding hydrogens is 556 g/mol. The summed E-state index contributed by atoms with van der Waals surface area (Å²) < 4.78 is 82.7. The molecule has 0 saturated heterocycles. The molecule has 1 aromatic carbocycles. The zero-order chi connectivity index (χ0) is 29.9. The predicted octanol–water partition coefficient (Wildman–Crippen LogP) is 4.83. The van der Waals surface area contributed by atoms with Crippen molar-refractivity contribution in [2.45, 2.75) is 25.8 Å². The third kappa shape index (κ3) is 6.85. The third-order valence-corrected chi connectivity index (χ3v) is 5.80. The van der Waals surface area contributed by atoms with E-state index in [-0.39, 0.29) is 29.5 Å². The summed E-state index contributed by atoms with van der Waals surface area (Å²) >= 11 is 0. The number of pyridine rings is 1. The van der Waals surface area contributed by atoms with Crippen molar-refractivity contribution >= 4 is 16.9 Å². The number of allylic oxidation sites excluding steroid dienone is 2. The summed E-state index contributed by atoms with van der Waals surface area (Å²) in [5.74, 6) is -0.321. The number of halogens is 6. The monoisotopic (exact) mass is 579 g/mol. The van der Waals surface area contributed by atoms with Gasteiger partial charge in [-0.15, -0.1) is 0 Å². The fourth-order valence-electron chi connectivity index (χ4n) is 3.94. The van der Waals surface area contributed by atoms with Gasteiger partial charge < -0.3 is 20.4 Å². The molecule has 9 nitrogen and oxygen atoms in total. The van der Waals surface area contributed by atoms with Crippen LogP contribution in [-0.2, 0) is 6.54 Å². The van der Waals surface area contributed by atoms with Gasteiger partial charge in [-0.25, -0.2) is 19.7 Å². The molecule has 3 heterocycles. The molecule has 0 aliphatic carbocycles. The van der Waals surface area contributed by atoms with E-state index in [0.29, 0.717) is 22.3 Å². The van der Waals surface area contributed by atoms with Gasteiger partial charge >= 0.3 is 18.0 Å². The Hall–Kier alpha value is -4.82. The molecule has 0 fully saturated rings. The van der Waals surface area contributed by atoms with E-state index in [1.54, 1.807) is 37.3 Å². The maximum absolute atomic E-state index is 12.8. The van der Waals surface area contributed by atoms with E-state index in [9.17, 15) is 31.1 Å². The van der Waals surface area contributed by atoms with Gasteiger partial charge in [0.05, 0.1) is 18.3 Å². The Morgan fingerprint density at radius 3 is 2.46 bits per heavy atom. The zero-order valence-electron chi connectivity index (χ0n) is 21.6. The quantitative estimate of drug-likeness (QED) is 0.288. The third-order valence-electron chi connectivity index (χ3n) is 5.80. The fourth-order valence-corrected chi connectivity index (χ4v) is 3.94. The number of hydrogen-bond acceptors (Lipinski definition) is 7. The van der Waals surface area contributed by atoms with E-state index in [0.717, 1.165) is 6.20 Å². The van der Waals surface area contributed by atoms with Crippen LogP contribution in [0.5, 0.6) is 5.88 Å². The number of ether oxygens (including phenoxy) is 1. The first-order chi connectivity index (χ1) is 19.3. The Kier molecular flexibility index (Phi) is 8.07. The number of H-pyrrole nitrogens is 1. The molecule has 0 atom stereocenters. The first-order valence-electron chi connectivity index (χ1n) is 11.9. The number of rotatable bonds is 8. The maximum Gasteiger partial charge on any atom is 0.432 e. The van der Waals surface area contributed by atoms with Crippen molar-refractivity contribution in [1.29, 1.82) is 0 Å². The van der Waals surface area contributed by atoms with Crippen LogP contribution in [0.1, 0.15) is 18.1 Å². The Bertz CT molecular complexity index is 1650. The van der Waals surface area contributed by atoms with Crippen LogP contribution in [0.4, 0.5) is 26.3 Å². The van der Waals surface area contributed by atoms with Crippen LogP contribution in [0.15, 0.2) is 71.6 Å². The summed E-state index contributed by atoms with van der Waals surface area (Å²) in [7, 11) is 1.44. The van der Waals surface area contributed by atoms with Crippen LogP contribution in [-0.4, -0.2) is 55.4 Å². The van der Waals surface area contributed by atoms with Crippen molar-refractivity contribution < 1.29 is 31.1 Å². The number of aromatic nitrogens is 5. The minimum atomic E-state index is -4.67. The first-order valence-corrected chi connectivity index (χ1v) is 11.9. The van der Waals surface area contributed by atoms with Gasteiger partial charge in [0.1, 0.15) is 11.2 Å². The molecule has 0 bridgehead atoms. The zero-order valence-corrected chi connectivity index (χ0v) is 21.6. The molecule has 3 aromatic heterocycles. The molecule has 0 radical (unpaired) electrons. The number of imidazole rings is 1. The Labute approximate surface area is 228 Å². The number of fused-ring (bicyclic) bond motifs is 1. The molecule has 0 aliphatic rings. The van der Waals surface area contributed by atoms with Crippen molar-refractivity contribution in [2.75, 3.05) is 13.7 Å². The number of aromatic amines is 1. The molecule has 0 aliphatic heterocycles. The first kappa shape index (κ1) is 29.2. The highest BCUT2D eigenvalue weighted by Gasteiger charge is 2.32. The number of nitrogens with one attached hydrogen (secondary N) is 1. The lowest BCUT2D eigenvalue weighted by molar-refractivity contribution is -0.154. The topological polar surface area (TPSA) is 115 Å². The van der Waals surface area contributed by atoms with Gasteiger partial charge in [-0.2, -0.15) is 26.3 Å². The van der Waals surface area contributed by atoms with Crippen molar-refractivity contribution in [3.8, 4) is 17.3 Å². The molecule has 0 saturated carbocycles. The second-order valence-electron chi connectivity index (χ2n) is 8.77. The highest BCUT2D eigenvalue weighted by Crippen LogP contribution is 2.28. The van der Waals surface area contributed by atoms with Crippen molar-refractivity contribution in [2.24, 2.45) is 5.73 Å². The summed E-state index contributed by atoms with van der Waals surface area (Å²) in [6.07, 6.45) is -4.24. The minimum Gasteiger partial charge on any atom is -0.467 e. The van der Waals surface area contributed by atoms with Crippen molar-refractivity contribution in [3.05, 3.63) is 88.4 Å². The lowest BCUT2D eigenvalue weighted by Crippen LogP contribution is -2.23. The molecule has 0 unspecified atom stereocenters. The van der Waals surface area contributed by atoms with Crippen LogP contribution >= 0.6 is 0 Å². The number of benzene rings is 1. The normalized spacial score (nSPS) is 13.1. The molecule has 4 rings (SSSR count). The van der Waals surface area contributed by atoms with E-state index >= 15 is 0 Å². The number of hydrogen-bond donors (Lipinski definition) is 2. The van der Waals surface area contributed by atoms with Gasteiger partial charge in [0.2, 0.25) is 5.88 Å². The van der Waals surface area contributed by atoms with E-state index in [1.807, 2.05) is 0 Å². The van der Waals surface area contributed by atoms with E-state index < -0.39 is 30.3 Å². The molecule has 216 valence electrons. The van der Waals surface area contributed by atoms with Gasteiger partial charge in [-0.05, 0) is 30.2 Å². The number of nitrogens with zero attached hydrogens (tertiary/aromatic N) is 5. The van der Waals surface area contributed by atoms with E-state index in [2.05, 4.69) is 19.9 Å². The minimum absolute atomic E-state index is 0.00202. The number of alkyl halides is 6. The van der Waals surface area contributed by atoms with Crippen LogP contribution in [0.2, 0.25) is 0 Å². The molecule has 3 N–H and O–H groups in total. The van der Waals surface area contributed by atoms with Gasteiger partial charge in [0.25, 0.3) is 0 Å². The van der Waals surface area contributed by atoms with Crippen LogP contribution in [0.25, 0.3) is 28.2 Å². The molecular formula is C26H23F6N7O2. The highest BCUT2D eigenvalue weighted by molar-refractivity contribution is 5.74. The smallest absolute Gasteiger partial charge is 0.432 e. The maximum atomic E-state index is 12.8. The van der Waals surface area contributed by atoms with Crippen molar-refractivity contribution in [3.63, 3.8) is 0 Å². The van der Waals surface area contributed by atoms with E-state index in [4.69, 9.17) is 10.5 Å². The van der Waals surface area contributed by atoms with Crippen LogP contribution in [0.3, 0.4) is 0 Å². The predicted molar refractivity (Wildman–Crippen MR) is 138 cm³/mol. The average Bonchev–Trinajstić information content (AvgIpc) is 3.22. The lowest BCUT2D eigenvalue weighted by Gasteiger charge is -2.20. The van der Waals surface area contributed by atoms with E-state index in [1.165, 1.54) is 41.0 Å². The van der Waals surface area contributed by atoms with Gasteiger partial charge in [0, 0.05) is 25.1 Å². The summed E-state index contributed by atoms with van der Waals surface area (Å²) in [5, 5.41) is 0. The Balaban J connectivity index is 1.62. The highest BCUT2D eigenvalue weighted by atomic mass is 19.4. The summed E-state index contributed by atoms with van der Waals surface area (Å²) in [4.78, 5) is 29.0. The summed E-state index contributed by atoms with van der Waals surface area (Å²) in [6.45, 7) is 0.171. The standard InChI is InChI=1S/C26H23F6N7O2/c1-3-19(38(2)13-20(33)26(30,31)32)16-8-6-15(7-9-16)12-39-22-18(36-24(39)40)11-35-21(37-22)17-5-4-10-34-23(17)41-14-25(27,28)29/h3-11,13H,12,14,33H2,1-2H3,(H,36,40)/b19-3-,20-13-. The van der Waals surface area contributed by atoms with Gasteiger partial charge in [0.15, 0.2) is 18.1 Å². The second kappa shape index (κ2) is 11.3. The summed E-state index contributed by atoms with van der Waals surface area (Å²) in [6, 6.07) is 9.68. The van der Waals surface area contributed by atoms with Crippen LogP contribution < -0.4 is 16.2 Å². The number of nitrogens with two attached hydrogens (primary N) is 1. The summed E-state index contributed by atoms with van der Waals surface area (Å²) in [5.41, 5.74) is 5.70. The SMILES string of the molecule is C/C=C(/c1ccc(Cn2c(=O)[nH]c3cnc(-c4cccnc4OCC(F)(F)F)nc32)cc1)N(C)/C=C(\N)C(F)(F)F. The largest absolute Gasteiger partial charge is 0.467 e. The molecule has 4 aromatic rings. The second-order valence-corrected chi connectivity index (χ2v) is 8.77. The fraction of sp³-hybridized carbons (Fsp3) is 0.231. The Morgan fingerprint density at radius 2 is 1.83 bits per heavy atom. The molecule has 41 heavy (non-hydrogen) atoms. The molecule has 15 heteroatoms. The molecule has 0 amide bonds. The van der Waals surface area contributed by atoms with Gasteiger partial charge in [-0.3, -0.25) is 4.57 Å². The Morgan fingerprint density at radius 1 is 1.12 bits per heavy atom. The van der Waals surface area contributed by atoms with Gasteiger partial charge in [-0.1, -0.05) is 30.3 Å².